The number of hydrogen-bond acceptors (Lipinski definition) is 5. The van der Waals surface area contributed by atoms with E-state index in [1.165, 1.54) is 43.2 Å². The molecule has 31 heavy (non-hydrogen) atoms. The van der Waals surface area contributed by atoms with E-state index in [0.29, 0.717) is 17.3 Å². The summed E-state index contributed by atoms with van der Waals surface area (Å²) >= 11 is 1.32. The topological polar surface area (TPSA) is 92.5 Å². The van der Waals surface area contributed by atoms with Crippen molar-refractivity contribution >= 4 is 35.0 Å². The van der Waals surface area contributed by atoms with Gasteiger partial charge in [0.25, 0.3) is 11.6 Å². The molecule has 0 aromatic heterocycles. The zero-order valence-electron chi connectivity index (χ0n) is 17.7. The van der Waals surface area contributed by atoms with Crippen molar-refractivity contribution in [2.24, 2.45) is 0 Å². The molecule has 2 aromatic rings. The number of hydrogen-bond donors (Lipinski definition) is 1. The normalized spacial score (nSPS) is 15.2. The lowest BCUT2D eigenvalue weighted by Crippen LogP contribution is -2.38. The lowest BCUT2D eigenvalue weighted by Gasteiger charge is -2.31. The Kier molecular flexibility index (Phi) is 7.68. The summed E-state index contributed by atoms with van der Waals surface area (Å²) in [5.41, 5.74) is 1.25. The summed E-state index contributed by atoms with van der Waals surface area (Å²) in [6.07, 6.45) is 5.70. The van der Waals surface area contributed by atoms with Crippen molar-refractivity contribution in [1.82, 2.24) is 4.90 Å². The Labute approximate surface area is 186 Å². The first-order chi connectivity index (χ1) is 14.8. The maximum absolute atomic E-state index is 12.7. The van der Waals surface area contributed by atoms with Crippen LogP contribution < -0.4 is 5.32 Å². The van der Waals surface area contributed by atoms with Crippen LogP contribution in [0.25, 0.3) is 0 Å². The molecular weight excluding hydrogens is 414 g/mol. The molecule has 1 saturated carbocycles. The number of nitrogens with zero attached hydrogens (tertiary/aromatic N) is 2. The van der Waals surface area contributed by atoms with E-state index in [0.717, 1.165) is 17.7 Å². The van der Waals surface area contributed by atoms with Crippen molar-refractivity contribution in [2.75, 3.05) is 12.4 Å². The zero-order valence-corrected chi connectivity index (χ0v) is 18.6. The van der Waals surface area contributed by atoms with Crippen LogP contribution in [0.1, 0.15) is 49.4 Å². The summed E-state index contributed by atoms with van der Waals surface area (Å²) in [7, 11) is 1.87. The second-order valence-corrected chi connectivity index (χ2v) is 9.20. The monoisotopic (exact) mass is 441 g/mol. The predicted molar refractivity (Wildman–Crippen MR) is 122 cm³/mol. The smallest absolute Gasteiger partial charge is 0.269 e. The number of thioether (sulfide) groups is 1. The Morgan fingerprint density at radius 2 is 1.68 bits per heavy atom. The third-order valence-corrected chi connectivity index (χ3v) is 6.68. The molecule has 0 aliphatic heterocycles. The standard InChI is InChI=1S/C23H27N3O4S/c1-16(31-21-14-12-20(13-15-21)26(29)30)22(27)24-18-10-8-17(9-11-18)23(28)25(2)19-6-4-3-5-7-19/h8-16,19H,3-7H2,1-2H3,(H,24,27). The van der Waals surface area contributed by atoms with Gasteiger partial charge >= 0.3 is 0 Å². The van der Waals surface area contributed by atoms with Gasteiger partial charge in [-0.1, -0.05) is 19.3 Å². The molecule has 0 bridgehead atoms. The average molecular weight is 442 g/mol. The van der Waals surface area contributed by atoms with Gasteiger partial charge in [0, 0.05) is 41.4 Å². The van der Waals surface area contributed by atoms with Crippen LogP contribution in [0.15, 0.2) is 53.4 Å². The largest absolute Gasteiger partial charge is 0.339 e. The molecule has 2 amide bonds. The number of carbonyl (C=O) groups is 2. The van der Waals surface area contributed by atoms with E-state index in [9.17, 15) is 19.7 Å². The molecule has 3 rings (SSSR count). The Bertz CT molecular complexity index is 925. The van der Waals surface area contributed by atoms with E-state index in [2.05, 4.69) is 5.32 Å². The van der Waals surface area contributed by atoms with Crippen molar-refractivity contribution in [3.05, 3.63) is 64.2 Å². The molecular formula is C23H27N3O4S. The Hall–Kier alpha value is -2.87. The fourth-order valence-electron chi connectivity index (χ4n) is 3.68. The third kappa shape index (κ3) is 6.07. The number of anilines is 1. The molecule has 1 aliphatic rings. The number of amides is 2. The molecule has 1 aliphatic carbocycles. The van der Waals surface area contributed by atoms with E-state index in [1.54, 1.807) is 43.3 Å². The van der Waals surface area contributed by atoms with Crippen LogP contribution in [0.2, 0.25) is 0 Å². The first kappa shape index (κ1) is 22.8. The van der Waals surface area contributed by atoms with Gasteiger partial charge in [-0.2, -0.15) is 0 Å². The number of carbonyl (C=O) groups excluding carboxylic acids is 2. The van der Waals surface area contributed by atoms with E-state index in [1.807, 2.05) is 11.9 Å². The number of benzene rings is 2. The van der Waals surface area contributed by atoms with Crippen LogP contribution in [0.3, 0.4) is 0 Å². The average Bonchev–Trinajstić information content (AvgIpc) is 2.79. The maximum Gasteiger partial charge on any atom is 0.269 e. The van der Waals surface area contributed by atoms with Crippen LogP contribution in [0.4, 0.5) is 11.4 Å². The summed E-state index contributed by atoms with van der Waals surface area (Å²) in [5, 5.41) is 13.2. The molecule has 7 nitrogen and oxygen atoms in total. The highest BCUT2D eigenvalue weighted by Gasteiger charge is 2.23. The molecule has 164 valence electrons. The van der Waals surface area contributed by atoms with Crippen LogP contribution in [-0.4, -0.2) is 40.0 Å². The van der Waals surface area contributed by atoms with Crippen molar-refractivity contribution in [2.45, 2.75) is 55.2 Å². The Balaban J connectivity index is 1.55. The van der Waals surface area contributed by atoms with Gasteiger partial charge in [-0.25, -0.2) is 0 Å². The summed E-state index contributed by atoms with van der Waals surface area (Å²) in [4.78, 5) is 38.2. The number of non-ortho nitro benzene ring substituents is 1. The lowest BCUT2D eigenvalue weighted by molar-refractivity contribution is -0.384. The molecule has 1 N–H and O–H groups in total. The molecule has 0 saturated heterocycles. The highest BCUT2D eigenvalue weighted by Crippen LogP contribution is 2.27. The first-order valence-electron chi connectivity index (χ1n) is 10.4. The molecule has 1 fully saturated rings. The number of nitrogens with one attached hydrogen (secondary N) is 1. The van der Waals surface area contributed by atoms with Gasteiger partial charge in [0.2, 0.25) is 5.91 Å². The summed E-state index contributed by atoms with van der Waals surface area (Å²) in [6, 6.07) is 13.4. The van der Waals surface area contributed by atoms with Gasteiger partial charge in [-0.3, -0.25) is 19.7 Å². The second kappa shape index (κ2) is 10.4. The van der Waals surface area contributed by atoms with Crippen molar-refractivity contribution < 1.29 is 14.5 Å². The van der Waals surface area contributed by atoms with Crippen LogP contribution in [0.5, 0.6) is 0 Å². The van der Waals surface area contributed by atoms with Crippen molar-refractivity contribution in [3.63, 3.8) is 0 Å². The van der Waals surface area contributed by atoms with Gasteiger partial charge in [-0.15, -0.1) is 11.8 Å². The van der Waals surface area contributed by atoms with Gasteiger partial charge in [0.15, 0.2) is 0 Å². The highest BCUT2D eigenvalue weighted by molar-refractivity contribution is 8.00. The van der Waals surface area contributed by atoms with E-state index in [-0.39, 0.29) is 22.8 Å². The highest BCUT2D eigenvalue weighted by atomic mass is 32.2. The summed E-state index contributed by atoms with van der Waals surface area (Å²) in [5.74, 6) is -0.173. The van der Waals surface area contributed by atoms with Crippen LogP contribution in [0, 0.1) is 10.1 Å². The van der Waals surface area contributed by atoms with Crippen LogP contribution in [-0.2, 0) is 4.79 Å². The first-order valence-corrected chi connectivity index (χ1v) is 11.3. The van der Waals surface area contributed by atoms with E-state index >= 15 is 0 Å². The van der Waals surface area contributed by atoms with Gasteiger partial charge in [0.05, 0.1) is 10.2 Å². The quantitative estimate of drug-likeness (QED) is 0.366. The van der Waals surface area contributed by atoms with E-state index < -0.39 is 4.92 Å². The second-order valence-electron chi connectivity index (χ2n) is 7.79. The fourth-order valence-corrected chi connectivity index (χ4v) is 4.55. The van der Waals surface area contributed by atoms with E-state index in [4.69, 9.17) is 0 Å². The lowest BCUT2D eigenvalue weighted by atomic mass is 9.94. The van der Waals surface area contributed by atoms with Crippen molar-refractivity contribution in [3.8, 4) is 0 Å². The number of nitro benzene ring substituents is 1. The maximum atomic E-state index is 12.7. The third-order valence-electron chi connectivity index (χ3n) is 5.57. The molecule has 0 spiro atoms. The number of nitro groups is 1. The Morgan fingerprint density at radius 1 is 1.06 bits per heavy atom. The van der Waals surface area contributed by atoms with Gasteiger partial charge in [-0.05, 0) is 56.2 Å². The minimum atomic E-state index is -0.452. The molecule has 8 heteroatoms. The van der Waals surface area contributed by atoms with Crippen molar-refractivity contribution in [1.29, 1.82) is 0 Å². The SMILES string of the molecule is CC(Sc1ccc([N+](=O)[O-])cc1)C(=O)Nc1ccc(C(=O)N(C)C2CCCCC2)cc1. The predicted octanol–water partition coefficient (Wildman–Crippen LogP) is 5.12. The summed E-state index contributed by atoms with van der Waals surface area (Å²) in [6.45, 7) is 1.78. The zero-order chi connectivity index (χ0) is 22.4. The number of rotatable bonds is 7. The minimum absolute atomic E-state index is 0.00636. The molecule has 0 radical (unpaired) electrons. The summed E-state index contributed by atoms with van der Waals surface area (Å²) < 4.78 is 0. The molecule has 0 heterocycles. The fraction of sp³-hybridized carbons (Fsp3) is 0.391. The Morgan fingerprint density at radius 3 is 2.26 bits per heavy atom. The van der Waals surface area contributed by atoms with Crippen LogP contribution >= 0.6 is 11.8 Å². The van der Waals surface area contributed by atoms with Gasteiger partial charge in [0.1, 0.15) is 0 Å². The molecule has 1 unspecified atom stereocenters. The minimum Gasteiger partial charge on any atom is -0.339 e. The molecule has 2 aromatic carbocycles. The molecule has 1 atom stereocenters. The van der Waals surface area contributed by atoms with Gasteiger partial charge < -0.3 is 10.2 Å².